The Morgan fingerprint density at radius 1 is 1.00 bits per heavy atom. The van der Waals surface area contributed by atoms with Gasteiger partial charge in [-0.1, -0.05) is 54.6 Å². The van der Waals surface area contributed by atoms with Crippen LogP contribution in [0.15, 0.2) is 78.9 Å². The van der Waals surface area contributed by atoms with Crippen LogP contribution in [0.2, 0.25) is 0 Å². The third kappa shape index (κ3) is 3.83. The molecule has 0 saturated heterocycles. The van der Waals surface area contributed by atoms with Gasteiger partial charge in [-0.05, 0) is 35.4 Å². The first-order valence-corrected chi connectivity index (χ1v) is 10.7. The monoisotopic (exact) mass is 441 g/mol. The molecule has 0 aliphatic carbocycles. The van der Waals surface area contributed by atoms with Crippen molar-refractivity contribution in [2.45, 2.75) is 12.6 Å². The van der Waals surface area contributed by atoms with Crippen LogP contribution in [-0.2, 0) is 6.61 Å². The van der Waals surface area contributed by atoms with E-state index in [4.69, 9.17) is 4.74 Å². The lowest BCUT2D eigenvalue weighted by molar-refractivity contribution is 0.0706. The van der Waals surface area contributed by atoms with Crippen LogP contribution in [-0.4, -0.2) is 44.4 Å². The van der Waals surface area contributed by atoms with Crippen molar-refractivity contribution in [3.8, 4) is 22.8 Å². The quantitative estimate of drug-likeness (QED) is 0.404. The van der Waals surface area contributed by atoms with Gasteiger partial charge in [0.15, 0.2) is 0 Å². The molecule has 0 unspecified atom stereocenters. The average Bonchev–Trinajstić information content (AvgIpc) is 3.38. The highest BCUT2D eigenvalue weighted by molar-refractivity contribution is 6.00. The largest absolute Gasteiger partial charge is 0.507 e. The molecule has 166 valence electrons. The summed E-state index contributed by atoms with van der Waals surface area (Å²) in [4.78, 5) is 14.8. The molecule has 33 heavy (non-hydrogen) atoms. The molecule has 1 aliphatic rings. The minimum atomic E-state index is -0.478. The van der Waals surface area contributed by atoms with E-state index in [1.54, 1.807) is 23.1 Å². The summed E-state index contributed by atoms with van der Waals surface area (Å²) >= 11 is 0. The molecule has 2 heterocycles. The van der Waals surface area contributed by atoms with Crippen molar-refractivity contribution < 1.29 is 19.7 Å². The van der Waals surface area contributed by atoms with E-state index >= 15 is 0 Å². The fourth-order valence-corrected chi connectivity index (χ4v) is 4.28. The number of fused-ring (bicyclic) bond motifs is 1. The van der Waals surface area contributed by atoms with Gasteiger partial charge in [-0.3, -0.25) is 9.89 Å². The van der Waals surface area contributed by atoms with Crippen LogP contribution in [0.5, 0.6) is 11.5 Å². The maximum absolute atomic E-state index is 13.1. The number of aromatic hydroxyl groups is 1. The van der Waals surface area contributed by atoms with Crippen molar-refractivity contribution in [3.05, 3.63) is 101 Å². The zero-order valence-electron chi connectivity index (χ0n) is 17.8. The topological polar surface area (TPSA) is 98.7 Å². The molecule has 1 aromatic heterocycles. The molecule has 7 nitrogen and oxygen atoms in total. The summed E-state index contributed by atoms with van der Waals surface area (Å²) in [6.45, 7) is 0.422. The van der Waals surface area contributed by atoms with Gasteiger partial charge < -0.3 is 19.8 Å². The van der Waals surface area contributed by atoms with Crippen LogP contribution in [0.1, 0.15) is 33.2 Å². The lowest BCUT2D eigenvalue weighted by atomic mass is 9.95. The highest BCUT2D eigenvalue weighted by Crippen LogP contribution is 2.44. The lowest BCUT2D eigenvalue weighted by Crippen LogP contribution is -2.32. The number of aromatic nitrogens is 2. The van der Waals surface area contributed by atoms with Gasteiger partial charge in [0.1, 0.15) is 29.5 Å². The summed E-state index contributed by atoms with van der Waals surface area (Å²) < 4.78 is 6.00. The number of amides is 1. The number of hydrogen-bond donors (Lipinski definition) is 3. The minimum absolute atomic E-state index is 0.0820. The number of nitrogens with zero attached hydrogens (tertiary/aromatic N) is 2. The molecule has 3 aromatic carbocycles. The van der Waals surface area contributed by atoms with Crippen molar-refractivity contribution in [2.75, 3.05) is 13.2 Å². The van der Waals surface area contributed by atoms with Crippen LogP contribution < -0.4 is 4.74 Å². The van der Waals surface area contributed by atoms with Gasteiger partial charge in [-0.2, -0.15) is 5.10 Å². The predicted molar refractivity (Wildman–Crippen MR) is 123 cm³/mol. The van der Waals surface area contributed by atoms with Crippen molar-refractivity contribution >= 4 is 5.91 Å². The van der Waals surface area contributed by atoms with Gasteiger partial charge in [0.2, 0.25) is 0 Å². The van der Waals surface area contributed by atoms with Gasteiger partial charge in [0.25, 0.3) is 5.91 Å². The summed E-state index contributed by atoms with van der Waals surface area (Å²) in [6, 6.07) is 23.9. The molecule has 0 radical (unpaired) electrons. The van der Waals surface area contributed by atoms with E-state index < -0.39 is 6.04 Å². The number of β-amino-alcohol motifs (C(OH)–C–C–N with tert-alkyl or cyclic N) is 1. The minimum Gasteiger partial charge on any atom is -0.507 e. The Labute approximate surface area is 190 Å². The first-order valence-electron chi connectivity index (χ1n) is 10.7. The maximum Gasteiger partial charge on any atom is 0.273 e. The van der Waals surface area contributed by atoms with E-state index in [9.17, 15) is 15.0 Å². The fourth-order valence-electron chi connectivity index (χ4n) is 4.28. The normalized spacial score (nSPS) is 15.0. The number of phenols is 1. The molecule has 1 aliphatic heterocycles. The first-order chi connectivity index (χ1) is 16.2. The Kier molecular flexibility index (Phi) is 5.54. The molecule has 7 heteroatoms. The lowest BCUT2D eigenvalue weighted by Gasteiger charge is -2.26. The van der Waals surface area contributed by atoms with Gasteiger partial charge >= 0.3 is 0 Å². The van der Waals surface area contributed by atoms with Crippen LogP contribution >= 0.6 is 0 Å². The number of H-pyrrole nitrogens is 1. The van der Waals surface area contributed by atoms with Gasteiger partial charge in [-0.25, -0.2) is 0 Å². The van der Waals surface area contributed by atoms with Crippen molar-refractivity contribution in [3.63, 3.8) is 0 Å². The molecule has 0 fully saturated rings. The number of ether oxygens (including phenoxy) is 1. The van der Waals surface area contributed by atoms with E-state index in [-0.39, 0.29) is 24.8 Å². The Bertz CT molecular complexity index is 1290. The molecular weight excluding hydrogens is 418 g/mol. The second kappa shape index (κ2) is 8.80. The van der Waals surface area contributed by atoms with E-state index in [2.05, 4.69) is 10.2 Å². The van der Waals surface area contributed by atoms with Crippen molar-refractivity contribution in [1.82, 2.24) is 15.1 Å². The van der Waals surface area contributed by atoms with Gasteiger partial charge in [0, 0.05) is 17.7 Å². The highest BCUT2D eigenvalue weighted by Gasteiger charge is 2.42. The number of carbonyl (C=O) groups is 1. The molecule has 0 bridgehead atoms. The Morgan fingerprint density at radius 3 is 2.58 bits per heavy atom. The Balaban J connectivity index is 1.54. The summed E-state index contributed by atoms with van der Waals surface area (Å²) in [5, 5.41) is 27.3. The highest BCUT2D eigenvalue weighted by atomic mass is 16.5. The summed E-state index contributed by atoms with van der Waals surface area (Å²) in [5.74, 6) is 0.515. The van der Waals surface area contributed by atoms with E-state index in [1.807, 2.05) is 60.7 Å². The zero-order chi connectivity index (χ0) is 22.8. The van der Waals surface area contributed by atoms with E-state index in [0.29, 0.717) is 34.9 Å². The number of nitrogens with one attached hydrogen (secondary N) is 1. The van der Waals surface area contributed by atoms with Crippen LogP contribution in [0, 0.1) is 0 Å². The zero-order valence-corrected chi connectivity index (χ0v) is 17.8. The Morgan fingerprint density at radius 2 is 1.79 bits per heavy atom. The number of phenolic OH excluding ortho intramolecular Hbond substituents is 1. The van der Waals surface area contributed by atoms with Crippen LogP contribution in [0.3, 0.4) is 0 Å². The number of aliphatic hydroxyl groups excluding tert-OH is 1. The number of para-hydroxylation sites is 1. The third-order valence-corrected chi connectivity index (χ3v) is 5.79. The second-order valence-corrected chi connectivity index (χ2v) is 7.85. The number of benzene rings is 3. The van der Waals surface area contributed by atoms with Crippen LogP contribution in [0.25, 0.3) is 11.3 Å². The molecule has 0 spiro atoms. The molecule has 1 amide bonds. The number of aliphatic hydroxyl groups is 1. The van der Waals surface area contributed by atoms with Gasteiger partial charge in [0.05, 0.1) is 12.6 Å². The molecule has 3 N–H and O–H groups in total. The molecular formula is C26H23N3O4. The average molecular weight is 441 g/mol. The number of aromatic amines is 1. The molecule has 4 aromatic rings. The molecule has 5 rings (SSSR count). The molecule has 1 atom stereocenters. The molecule has 0 saturated carbocycles. The van der Waals surface area contributed by atoms with Crippen molar-refractivity contribution in [2.24, 2.45) is 0 Å². The SMILES string of the molecule is O=C1c2[nH]nc(-c3ccccc3O)c2[C@@H](c2cccc(OCc3ccccc3)c2)N1CCO. The van der Waals surface area contributed by atoms with E-state index in [1.165, 1.54) is 0 Å². The predicted octanol–water partition coefficient (Wildman–Crippen LogP) is 3.90. The Hall–Kier alpha value is -4.10. The first kappa shape index (κ1) is 20.8. The second-order valence-electron chi connectivity index (χ2n) is 7.85. The summed E-state index contributed by atoms with van der Waals surface area (Å²) in [7, 11) is 0. The van der Waals surface area contributed by atoms with Gasteiger partial charge in [-0.15, -0.1) is 0 Å². The number of carbonyl (C=O) groups excluding carboxylic acids is 1. The summed E-state index contributed by atoms with van der Waals surface area (Å²) in [5.41, 5.74) is 3.98. The third-order valence-electron chi connectivity index (χ3n) is 5.79. The number of rotatable bonds is 7. The van der Waals surface area contributed by atoms with Crippen LogP contribution in [0.4, 0.5) is 0 Å². The smallest absolute Gasteiger partial charge is 0.273 e. The summed E-state index contributed by atoms with van der Waals surface area (Å²) in [6.07, 6.45) is 0. The van der Waals surface area contributed by atoms with E-state index in [0.717, 1.165) is 11.1 Å². The standard InChI is InChI=1S/C26H23N3O4/c30-14-13-29-25(18-9-6-10-19(15-18)33-16-17-7-2-1-3-8-17)22-23(27-28-24(22)26(29)32)20-11-4-5-12-21(20)31/h1-12,15,25,30-31H,13-14,16H2,(H,27,28)/t25-/m1/s1. The van der Waals surface area contributed by atoms with Crippen molar-refractivity contribution in [1.29, 1.82) is 0 Å². The maximum atomic E-state index is 13.1. The fraction of sp³-hybridized carbons (Fsp3) is 0.154. The number of hydrogen-bond acceptors (Lipinski definition) is 5.